The summed E-state index contributed by atoms with van der Waals surface area (Å²) in [4.78, 5) is 0. The van der Waals surface area contributed by atoms with Crippen molar-refractivity contribution in [2.24, 2.45) is 5.92 Å². The standard InChI is InChI=1S/C13H17ClF2O/c1-3-8(4-2)5-13(17)9-6-12(16)10(14)7-11(9)15/h6-8,13,17H,3-5H2,1-2H3. The molecule has 17 heavy (non-hydrogen) atoms. The van der Waals surface area contributed by atoms with Gasteiger partial charge in [-0.3, -0.25) is 0 Å². The van der Waals surface area contributed by atoms with Crippen LogP contribution in [0.4, 0.5) is 8.78 Å². The number of halogens is 3. The lowest BCUT2D eigenvalue weighted by Crippen LogP contribution is -2.08. The molecule has 0 aliphatic heterocycles. The van der Waals surface area contributed by atoms with E-state index < -0.39 is 17.7 Å². The quantitative estimate of drug-likeness (QED) is 0.776. The average molecular weight is 263 g/mol. The lowest BCUT2D eigenvalue weighted by atomic mass is 9.92. The first-order chi connectivity index (χ1) is 7.99. The van der Waals surface area contributed by atoms with Gasteiger partial charge in [0.1, 0.15) is 11.6 Å². The second-order valence-electron chi connectivity index (χ2n) is 4.22. The summed E-state index contributed by atoms with van der Waals surface area (Å²) in [6, 6.07) is 1.88. The molecule has 0 aliphatic rings. The Balaban J connectivity index is 2.88. The van der Waals surface area contributed by atoms with E-state index in [1.54, 1.807) is 0 Å². The molecule has 1 rings (SSSR count). The van der Waals surface area contributed by atoms with E-state index in [1.165, 1.54) is 0 Å². The van der Waals surface area contributed by atoms with Crippen LogP contribution in [0.25, 0.3) is 0 Å². The highest BCUT2D eigenvalue weighted by atomic mass is 35.5. The van der Waals surface area contributed by atoms with Crippen molar-refractivity contribution in [3.05, 3.63) is 34.4 Å². The lowest BCUT2D eigenvalue weighted by Gasteiger charge is -2.18. The zero-order valence-corrected chi connectivity index (χ0v) is 10.8. The molecule has 1 atom stereocenters. The van der Waals surface area contributed by atoms with E-state index in [9.17, 15) is 13.9 Å². The Bertz CT molecular complexity index is 378. The van der Waals surface area contributed by atoms with Gasteiger partial charge in [-0.15, -0.1) is 0 Å². The van der Waals surface area contributed by atoms with Crippen molar-refractivity contribution >= 4 is 11.6 Å². The zero-order chi connectivity index (χ0) is 13.0. The zero-order valence-electron chi connectivity index (χ0n) is 10.0. The van der Waals surface area contributed by atoms with Gasteiger partial charge in [0.05, 0.1) is 11.1 Å². The fraction of sp³-hybridized carbons (Fsp3) is 0.538. The molecule has 0 amide bonds. The highest BCUT2D eigenvalue weighted by Crippen LogP contribution is 2.29. The van der Waals surface area contributed by atoms with E-state index in [-0.39, 0.29) is 10.6 Å². The molecule has 1 unspecified atom stereocenters. The maximum atomic E-state index is 13.5. The molecule has 0 spiro atoms. The number of rotatable bonds is 5. The summed E-state index contributed by atoms with van der Waals surface area (Å²) in [6.45, 7) is 4.03. The van der Waals surface area contributed by atoms with Gasteiger partial charge in [-0.1, -0.05) is 38.3 Å². The van der Waals surface area contributed by atoms with Crippen LogP contribution in [-0.2, 0) is 0 Å². The van der Waals surface area contributed by atoms with Gasteiger partial charge in [0.25, 0.3) is 0 Å². The van der Waals surface area contributed by atoms with E-state index in [2.05, 4.69) is 0 Å². The van der Waals surface area contributed by atoms with Gasteiger partial charge in [0.2, 0.25) is 0 Å². The average Bonchev–Trinajstić information content (AvgIpc) is 2.30. The fourth-order valence-electron chi connectivity index (χ4n) is 1.86. The Morgan fingerprint density at radius 2 is 1.76 bits per heavy atom. The third kappa shape index (κ3) is 3.65. The molecule has 1 aromatic rings. The summed E-state index contributed by atoms with van der Waals surface area (Å²) < 4.78 is 26.7. The number of aliphatic hydroxyl groups excluding tert-OH is 1. The van der Waals surface area contributed by atoms with Crippen LogP contribution in [0, 0.1) is 17.6 Å². The van der Waals surface area contributed by atoms with E-state index >= 15 is 0 Å². The number of benzene rings is 1. The Kier molecular flexibility index (Phi) is 5.34. The van der Waals surface area contributed by atoms with E-state index in [1.807, 2.05) is 13.8 Å². The van der Waals surface area contributed by atoms with Gasteiger partial charge < -0.3 is 5.11 Å². The number of hydrogen-bond acceptors (Lipinski definition) is 1. The molecule has 4 heteroatoms. The van der Waals surface area contributed by atoms with Crippen LogP contribution in [0.1, 0.15) is 44.8 Å². The van der Waals surface area contributed by atoms with Gasteiger partial charge in [-0.25, -0.2) is 8.78 Å². The van der Waals surface area contributed by atoms with Crippen molar-refractivity contribution in [1.82, 2.24) is 0 Å². The molecule has 1 aromatic carbocycles. The minimum absolute atomic E-state index is 0.0150. The largest absolute Gasteiger partial charge is 0.388 e. The van der Waals surface area contributed by atoms with Crippen molar-refractivity contribution in [1.29, 1.82) is 0 Å². The minimum Gasteiger partial charge on any atom is -0.388 e. The Labute approximate surface area is 105 Å². The first-order valence-electron chi connectivity index (χ1n) is 5.82. The second-order valence-corrected chi connectivity index (χ2v) is 4.63. The fourth-order valence-corrected chi connectivity index (χ4v) is 2.01. The molecule has 0 aliphatic carbocycles. The molecule has 96 valence electrons. The van der Waals surface area contributed by atoms with Crippen molar-refractivity contribution in [3.63, 3.8) is 0 Å². The molecule has 1 nitrogen and oxygen atoms in total. The van der Waals surface area contributed by atoms with Gasteiger partial charge in [-0.2, -0.15) is 0 Å². The highest BCUT2D eigenvalue weighted by molar-refractivity contribution is 6.30. The third-order valence-electron chi connectivity index (χ3n) is 3.11. The molecule has 1 N–H and O–H groups in total. The van der Waals surface area contributed by atoms with Crippen LogP contribution in [-0.4, -0.2) is 5.11 Å². The predicted molar refractivity (Wildman–Crippen MR) is 65.0 cm³/mol. The Hall–Kier alpha value is -0.670. The predicted octanol–water partition coefficient (Wildman–Crippen LogP) is 4.48. The third-order valence-corrected chi connectivity index (χ3v) is 3.40. The van der Waals surface area contributed by atoms with Crippen LogP contribution >= 0.6 is 11.6 Å². The molecule has 0 fully saturated rings. The molecule has 0 saturated heterocycles. The van der Waals surface area contributed by atoms with Gasteiger partial charge in [-0.05, 0) is 24.5 Å². The molecule has 0 aromatic heterocycles. The maximum absolute atomic E-state index is 13.5. The molecule has 0 saturated carbocycles. The van der Waals surface area contributed by atoms with Crippen LogP contribution in [0.15, 0.2) is 12.1 Å². The topological polar surface area (TPSA) is 20.2 Å². The highest BCUT2D eigenvalue weighted by Gasteiger charge is 2.18. The Morgan fingerprint density at radius 1 is 1.18 bits per heavy atom. The molecule has 0 bridgehead atoms. The lowest BCUT2D eigenvalue weighted by molar-refractivity contribution is 0.137. The van der Waals surface area contributed by atoms with E-state index in [4.69, 9.17) is 11.6 Å². The van der Waals surface area contributed by atoms with Crippen LogP contribution in [0.2, 0.25) is 5.02 Å². The summed E-state index contributed by atoms with van der Waals surface area (Å²) in [5.41, 5.74) is -0.0150. The smallest absolute Gasteiger partial charge is 0.142 e. The van der Waals surface area contributed by atoms with Crippen molar-refractivity contribution < 1.29 is 13.9 Å². The second kappa shape index (κ2) is 6.31. The SMILES string of the molecule is CCC(CC)CC(O)c1cc(F)c(Cl)cc1F. The van der Waals surface area contributed by atoms with Crippen molar-refractivity contribution in [2.75, 3.05) is 0 Å². The minimum atomic E-state index is -0.980. The van der Waals surface area contributed by atoms with Crippen molar-refractivity contribution in [2.45, 2.75) is 39.2 Å². The van der Waals surface area contributed by atoms with Gasteiger partial charge in [0.15, 0.2) is 0 Å². The van der Waals surface area contributed by atoms with E-state index in [0.717, 1.165) is 25.0 Å². The molecular formula is C13H17ClF2O. The van der Waals surface area contributed by atoms with Crippen molar-refractivity contribution in [3.8, 4) is 0 Å². The maximum Gasteiger partial charge on any atom is 0.142 e. The number of hydrogen-bond donors (Lipinski definition) is 1. The summed E-state index contributed by atoms with van der Waals surface area (Å²) in [6.07, 6.45) is 1.27. The van der Waals surface area contributed by atoms with Gasteiger partial charge in [0, 0.05) is 5.56 Å². The van der Waals surface area contributed by atoms with Crippen LogP contribution in [0.3, 0.4) is 0 Å². The Morgan fingerprint density at radius 3 is 2.29 bits per heavy atom. The normalized spacial score (nSPS) is 13.1. The summed E-state index contributed by atoms with van der Waals surface area (Å²) in [5, 5.41) is 9.64. The summed E-state index contributed by atoms with van der Waals surface area (Å²) in [5.74, 6) is -1.05. The summed E-state index contributed by atoms with van der Waals surface area (Å²) in [7, 11) is 0. The molecule has 0 radical (unpaired) electrons. The number of aliphatic hydroxyl groups is 1. The van der Waals surface area contributed by atoms with E-state index in [0.29, 0.717) is 12.3 Å². The first kappa shape index (κ1) is 14.4. The first-order valence-corrected chi connectivity index (χ1v) is 6.19. The monoisotopic (exact) mass is 262 g/mol. The summed E-state index contributed by atoms with van der Waals surface area (Å²) >= 11 is 5.45. The molecule has 0 heterocycles. The van der Waals surface area contributed by atoms with Crippen LogP contribution in [0.5, 0.6) is 0 Å². The van der Waals surface area contributed by atoms with Crippen LogP contribution < -0.4 is 0 Å². The van der Waals surface area contributed by atoms with Gasteiger partial charge >= 0.3 is 0 Å². The molecular weight excluding hydrogens is 246 g/mol.